The van der Waals surface area contributed by atoms with Crippen LogP contribution >= 0.6 is 34.8 Å². The molecule has 19 heavy (non-hydrogen) atoms. The average Bonchev–Trinajstić information content (AvgIpc) is 2.42. The van der Waals surface area contributed by atoms with Crippen molar-refractivity contribution in [1.29, 1.82) is 0 Å². The Kier molecular flexibility index (Phi) is 3.31. The molecule has 0 fully saturated rings. The third-order valence-electron chi connectivity index (χ3n) is 2.85. The van der Waals surface area contributed by atoms with E-state index in [0.29, 0.717) is 15.2 Å². The molecular formula is C14H7Cl3N2. The van der Waals surface area contributed by atoms with Crippen molar-refractivity contribution < 1.29 is 0 Å². The monoisotopic (exact) mass is 308 g/mol. The van der Waals surface area contributed by atoms with Gasteiger partial charge in [0, 0.05) is 5.39 Å². The maximum Gasteiger partial charge on any atom is 0.140 e. The molecule has 0 radical (unpaired) electrons. The second-order valence-electron chi connectivity index (χ2n) is 3.99. The van der Waals surface area contributed by atoms with Crippen molar-refractivity contribution in [2.45, 2.75) is 0 Å². The fourth-order valence-electron chi connectivity index (χ4n) is 1.98. The van der Waals surface area contributed by atoms with Gasteiger partial charge < -0.3 is 0 Å². The van der Waals surface area contributed by atoms with Crippen LogP contribution in [0.5, 0.6) is 0 Å². The molecule has 0 amide bonds. The molecule has 0 aliphatic rings. The average molecular weight is 310 g/mol. The summed E-state index contributed by atoms with van der Waals surface area (Å²) in [7, 11) is 0. The molecule has 0 aliphatic carbocycles. The van der Waals surface area contributed by atoms with E-state index in [-0.39, 0.29) is 0 Å². The quantitative estimate of drug-likeness (QED) is 0.573. The molecule has 0 N–H and O–H groups in total. The van der Waals surface area contributed by atoms with Crippen molar-refractivity contribution in [3.8, 4) is 11.1 Å². The summed E-state index contributed by atoms with van der Waals surface area (Å²) in [5, 5.41) is 2.26. The van der Waals surface area contributed by atoms with Crippen LogP contribution in [0.15, 0.2) is 42.7 Å². The summed E-state index contributed by atoms with van der Waals surface area (Å²) in [4.78, 5) is 8.24. The zero-order valence-electron chi connectivity index (χ0n) is 9.57. The first-order valence-electron chi connectivity index (χ1n) is 5.51. The third kappa shape index (κ3) is 2.27. The zero-order chi connectivity index (χ0) is 13.4. The Morgan fingerprint density at radius 2 is 1.68 bits per heavy atom. The molecule has 0 aliphatic heterocycles. The largest absolute Gasteiger partial charge is 0.236 e. The summed E-state index contributed by atoms with van der Waals surface area (Å²) < 4.78 is 0. The van der Waals surface area contributed by atoms with Crippen LogP contribution in [0.2, 0.25) is 15.2 Å². The Labute approximate surface area is 125 Å². The summed E-state index contributed by atoms with van der Waals surface area (Å²) in [5.74, 6) is 0. The van der Waals surface area contributed by atoms with Crippen LogP contribution in [0.25, 0.3) is 22.0 Å². The normalized spacial score (nSPS) is 10.9. The first kappa shape index (κ1) is 12.7. The fourth-order valence-corrected chi connectivity index (χ4v) is 2.52. The van der Waals surface area contributed by atoms with Gasteiger partial charge in [-0.05, 0) is 29.3 Å². The SMILES string of the molecule is Clc1ccc(-c2cccc3ncnc(Cl)c23)cc1Cl. The summed E-state index contributed by atoms with van der Waals surface area (Å²) in [6.07, 6.45) is 1.45. The number of nitrogens with zero attached hydrogens (tertiary/aromatic N) is 2. The summed E-state index contributed by atoms with van der Waals surface area (Å²) in [6, 6.07) is 11.2. The van der Waals surface area contributed by atoms with Gasteiger partial charge in [0.1, 0.15) is 11.5 Å². The molecule has 2 nitrogen and oxygen atoms in total. The molecule has 1 heterocycles. The Morgan fingerprint density at radius 3 is 2.47 bits per heavy atom. The molecular weight excluding hydrogens is 303 g/mol. The van der Waals surface area contributed by atoms with Gasteiger partial charge in [0.05, 0.1) is 15.6 Å². The van der Waals surface area contributed by atoms with E-state index in [1.165, 1.54) is 6.33 Å². The van der Waals surface area contributed by atoms with Gasteiger partial charge in [-0.25, -0.2) is 9.97 Å². The van der Waals surface area contributed by atoms with Gasteiger partial charge >= 0.3 is 0 Å². The van der Waals surface area contributed by atoms with E-state index < -0.39 is 0 Å². The fraction of sp³-hybridized carbons (Fsp3) is 0. The Morgan fingerprint density at radius 1 is 0.842 bits per heavy atom. The van der Waals surface area contributed by atoms with E-state index in [1.54, 1.807) is 6.07 Å². The molecule has 3 rings (SSSR count). The summed E-state index contributed by atoms with van der Waals surface area (Å²) in [5.41, 5.74) is 2.65. The van der Waals surface area contributed by atoms with E-state index >= 15 is 0 Å². The molecule has 0 saturated carbocycles. The zero-order valence-corrected chi connectivity index (χ0v) is 11.8. The van der Waals surface area contributed by atoms with Gasteiger partial charge in [-0.2, -0.15) is 0 Å². The first-order valence-corrected chi connectivity index (χ1v) is 6.65. The highest BCUT2D eigenvalue weighted by Gasteiger charge is 2.10. The van der Waals surface area contributed by atoms with E-state index in [1.807, 2.05) is 30.3 Å². The molecule has 0 atom stereocenters. The van der Waals surface area contributed by atoms with Gasteiger partial charge in [-0.1, -0.05) is 53.0 Å². The van der Waals surface area contributed by atoms with E-state index in [2.05, 4.69) is 9.97 Å². The van der Waals surface area contributed by atoms with Crippen molar-refractivity contribution in [2.75, 3.05) is 0 Å². The molecule has 1 aromatic heterocycles. The van der Waals surface area contributed by atoms with E-state index in [9.17, 15) is 0 Å². The Bertz CT molecular complexity index is 766. The van der Waals surface area contributed by atoms with Crippen LogP contribution < -0.4 is 0 Å². The lowest BCUT2D eigenvalue weighted by molar-refractivity contribution is 1.22. The number of aromatic nitrogens is 2. The molecule has 5 heteroatoms. The van der Waals surface area contributed by atoms with Crippen molar-refractivity contribution in [3.63, 3.8) is 0 Å². The van der Waals surface area contributed by atoms with Gasteiger partial charge in [-0.3, -0.25) is 0 Å². The molecule has 0 spiro atoms. The maximum absolute atomic E-state index is 6.17. The minimum atomic E-state index is 0.423. The minimum Gasteiger partial charge on any atom is -0.236 e. The lowest BCUT2D eigenvalue weighted by atomic mass is 10.0. The molecule has 3 aromatic rings. The van der Waals surface area contributed by atoms with Crippen LogP contribution in [-0.4, -0.2) is 9.97 Å². The lowest BCUT2D eigenvalue weighted by Gasteiger charge is -2.08. The number of benzene rings is 2. The van der Waals surface area contributed by atoms with Crippen LogP contribution in [0.3, 0.4) is 0 Å². The van der Waals surface area contributed by atoms with Gasteiger partial charge in [0.15, 0.2) is 0 Å². The number of rotatable bonds is 1. The van der Waals surface area contributed by atoms with E-state index in [4.69, 9.17) is 34.8 Å². The van der Waals surface area contributed by atoms with Gasteiger partial charge in [-0.15, -0.1) is 0 Å². The van der Waals surface area contributed by atoms with Gasteiger partial charge in [0.2, 0.25) is 0 Å². The van der Waals surface area contributed by atoms with Crippen LogP contribution in [-0.2, 0) is 0 Å². The highest BCUT2D eigenvalue weighted by Crippen LogP contribution is 2.34. The molecule has 94 valence electrons. The highest BCUT2D eigenvalue weighted by atomic mass is 35.5. The van der Waals surface area contributed by atoms with Crippen molar-refractivity contribution in [3.05, 3.63) is 57.9 Å². The number of hydrogen-bond acceptors (Lipinski definition) is 2. The number of fused-ring (bicyclic) bond motifs is 1. The molecule has 0 bridgehead atoms. The first-order chi connectivity index (χ1) is 9.16. The smallest absolute Gasteiger partial charge is 0.140 e. The van der Waals surface area contributed by atoms with Crippen molar-refractivity contribution >= 4 is 45.7 Å². The van der Waals surface area contributed by atoms with Crippen molar-refractivity contribution in [1.82, 2.24) is 9.97 Å². The Balaban J connectivity index is 2.33. The maximum atomic E-state index is 6.17. The summed E-state index contributed by atoms with van der Waals surface area (Å²) in [6.45, 7) is 0. The van der Waals surface area contributed by atoms with Crippen LogP contribution in [0.4, 0.5) is 0 Å². The number of hydrogen-bond donors (Lipinski definition) is 0. The lowest BCUT2D eigenvalue weighted by Crippen LogP contribution is -1.87. The second-order valence-corrected chi connectivity index (χ2v) is 5.17. The number of halogens is 3. The third-order valence-corrected chi connectivity index (χ3v) is 3.87. The topological polar surface area (TPSA) is 25.8 Å². The predicted molar refractivity (Wildman–Crippen MR) is 80.0 cm³/mol. The minimum absolute atomic E-state index is 0.423. The second kappa shape index (κ2) is 4.97. The van der Waals surface area contributed by atoms with Gasteiger partial charge in [0.25, 0.3) is 0 Å². The molecule has 0 unspecified atom stereocenters. The summed E-state index contributed by atoms with van der Waals surface area (Å²) >= 11 is 18.2. The predicted octanol–water partition coefficient (Wildman–Crippen LogP) is 5.26. The van der Waals surface area contributed by atoms with Crippen molar-refractivity contribution in [2.24, 2.45) is 0 Å². The van der Waals surface area contributed by atoms with Crippen LogP contribution in [0, 0.1) is 0 Å². The molecule has 0 saturated heterocycles. The van der Waals surface area contributed by atoms with E-state index in [0.717, 1.165) is 22.0 Å². The molecule has 2 aromatic carbocycles. The van der Waals surface area contributed by atoms with Crippen LogP contribution in [0.1, 0.15) is 0 Å². The highest BCUT2D eigenvalue weighted by molar-refractivity contribution is 6.42. The standard InChI is InChI=1S/C14H7Cl3N2/c15-10-5-4-8(6-11(10)16)9-2-1-3-12-13(9)14(17)19-7-18-12/h1-7H. The Hall–Kier alpha value is -1.35.